The molecule has 2 aromatic rings. The zero-order valence-corrected chi connectivity index (χ0v) is 14.6. The van der Waals surface area contributed by atoms with Crippen molar-refractivity contribution >= 4 is 5.91 Å². The van der Waals surface area contributed by atoms with E-state index in [-0.39, 0.29) is 12.5 Å². The molecular formula is C20H25NO3. The highest BCUT2D eigenvalue weighted by Crippen LogP contribution is 2.16. The van der Waals surface area contributed by atoms with Gasteiger partial charge in [0.1, 0.15) is 11.5 Å². The monoisotopic (exact) mass is 327 g/mol. The summed E-state index contributed by atoms with van der Waals surface area (Å²) in [5.74, 6) is 1.49. The van der Waals surface area contributed by atoms with Crippen LogP contribution in [-0.2, 0) is 11.2 Å². The van der Waals surface area contributed by atoms with Crippen LogP contribution in [0.1, 0.15) is 23.1 Å². The van der Waals surface area contributed by atoms with Crippen LogP contribution in [0.25, 0.3) is 0 Å². The molecule has 2 aromatic carbocycles. The quantitative estimate of drug-likeness (QED) is 0.756. The predicted octanol–water partition coefficient (Wildman–Crippen LogP) is 3.44. The summed E-state index contributed by atoms with van der Waals surface area (Å²) in [6.07, 6.45) is 1.78. The lowest BCUT2D eigenvalue weighted by Gasteiger charge is -2.09. The van der Waals surface area contributed by atoms with Crippen LogP contribution < -0.4 is 14.8 Å². The number of amides is 1. The lowest BCUT2D eigenvalue weighted by molar-refractivity contribution is -0.123. The summed E-state index contributed by atoms with van der Waals surface area (Å²) in [5.41, 5.74) is 3.57. The number of rotatable bonds is 8. The van der Waals surface area contributed by atoms with E-state index in [1.54, 1.807) is 7.11 Å². The number of benzene rings is 2. The first-order valence-electron chi connectivity index (χ1n) is 8.18. The third-order valence-electron chi connectivity index (χ3n) is 3.95. The van der Waals surface area contributed by atoms with E-state index < -0.39 is 0 Å². The van der Waals surface area contributed by atoms with Gasteiger partial charge in [-0.3, -0.25) is 4.79 Å². The predicted molar refractivity (Wildman–Crippen MR) is 95.7 cm³/mol. The first-order valence-corrected chi connectivity index (χ1v) is 8.18. The van der Waals surface area contributed by atoms with E-state index in [2.05, 4.69) is 11.4 Å². The van der Waals surface area contributed by atoms with E-state index in [1.165, 1.54) is 11.1 Å². The van der Waals surface area contributed by atoms with Crippen LogP contribution >= 0.6 is 0 Å². The zero-order valence-electron chi connectivity index (χ0n) is 14.6. The number of aryl methyl sites for hydroxylation is 3. The van der Waals surface area contributed by atoms with E-state index in [1.807, 2.05) is 50.2 Å². The van der Waals surface area contributed by atoms with Crippen LogP contribution in [0, 0.1) is 13.8 Å². The molecule has 1 N–H and O–H groups in total. The van der Waals surface area contributed by atoms with Crippen molar-refractivity contribution < 1.29 is 14.3 Å². The molecule has 24 heavy (non-hydrogen) atoms. The summed E-state index contributed by atoms with van der Waals surface area (Å²) in [7, 11) is 1.66. The molecule has 0 aromatic heterocycles. The second-order valence-corrected chi connectivity index (χ2v) is 5.84. The summed E-state index contributed by atoms with van der Waals surface area (Å²) in [4.78, 5) is 11.8. The Labute approximate surface area is 143 Å². The molecule has 0 radical (unpaired) electrons. The Balaban J connectivity index is 1.66. The summed E-state index contributed by atoms with van der Waals surface area (Å²) in [6.45, 7) is 4.75. The van der Waals surface area contributed by atoms with Crippen LogP contribution in [-0.4, -0.2) is 26.2 Å². The molecule has 0 atom stereocenters. The van der Waals surface area contributed by atoms with Crippen molar-refractivity contribution in [2.45, 2.75) is 26.7 Å². The molecule has 0 spiro atoms. The molecular weight excluding hydrogens is 302 g/mol. The van der Waals surface area contributed by atoms with Gasteiger partial charge in [0, 0.05) is 6.54 Å². The Morgan fingerprint density at radius 2 is 1.88 bits per heavy atom. The standard InChI is InChI=1S/C20H25NO3/c1-15-9-10-19(12-16(15)2)24-14-20(22)21-11-5-7-17-6-4-8-18(13-17)23-3/h4,6,8-10,12-13H,5,7,11,14H2,1-3H3,(H,21,22). The van der Waals surface area contributed by atoms with Crippen molar-refractivity contribution in [3.63, 3.8) is 0 Å². The third kappa shape index (κ3) is 5.61. The van der Waals surface area contributed by atoms with Crippen LogP contribution in [0.2, 0.25) is 0 Å². The van der Waals surface area contributed by atoms with E-state index in [4.69, 9.17) is 9.47 Å². The fraction of sp³-hybridized carbons (Fsp3) is 0.350. The van der Waals surface area contributed by atoms with Gasteiger partial charge in [0.05, 0.1) is 7.11 Å². The normalized spacial score (nSPS) is 10.3. The molecule has 0 unspecified atom stereocenters. The highest BCUT2D eigenvalue weighted by atomic mass is 16.5. The Hall–Kier alpha value is -2.49. The average Bonchev–Trinajstić information content (AvgIpc) is 2.60. The molecule has 1 amide bonds. The maximum absolute atomic E-state index is 11.8. The number of hydrogen-bond acceptors (Lipinski definition) is 3. The molecule has 2 rings (SSSR count). The molecule has 128 valence electrons. The van der Waals surface area contributed by atoms with Gasteiger partial charge in [-0.25, -0.2) is 0 Å². The van der Waals surface area contributed by atoms with Gasteiger partial charge < -0.3 is 14.8 Å². The number of carbonyl (C=O) groups excluding carboxylic acids is 1. The number of ether oxygens (including phenoxy) is 2. The number of hydrogen-bond donors (Lipinski definition) is 1. The van der Waals surface area contributed by atoms with Gasteiger partial charge in [-0.15, -0.1) is 0 Å². The molecule has 0 heterocycles. The minimum absolute atomic E-state index is 0.0433. The minimum Gasteiger partial charge on any atom is -0.497 e. The molecule has 0 saturated heterocycles. The van der Waals surface area contributed by atoms with Crippen molar-refractivity contribution in [3.8, 4) is 11.5 Å². The van der Waals surface area contributed by atoms with E-state index >= 15 is 0 Å². The van der Waals surface area contributed by atoms with Gasteiger partial charge in [-0.2, -0.15) is 0 Å². The van der Waals surface area contributed by atoms with Crippen molar-refractivity contribution in [3.05, 3.63) is 59.2 Å². The molecule has 4 heteroatoms. The second kappa shape index (κ2) is 8.96. The van der Waals surface area contributed by atoms with Crippen molar-refractivity contribution in [2.24, 2.45) is 0 Å². The summed E-state index contributed by atoms with van der Waals surface area (Å²) >= 11 is 0. The maximum atomic E-state index is 11.8. The lowest BCUT2D eigenvalue weighted by Crippen LogP contribution is -2.29. The molecule has 4 nitrogen and oxygen atoms in total. The molecule has 0 aliphatic rings. The van der Waals surface area contributed by atoms with Crippen molar-refractivity contribution in [2.75, 3.05) is 20.3 Å². The van der Waals surface area contributed by atoms with E-state index in [0.29, 0.717) is 6.54 Å². The number of methoxy groups -OCH3 is 1. The van der Waals surface area contributed by atoms with Crippen LogP contribution in [0.15, 0.2) is 42.5 Å². The van der Waals surface area contributed by atoms with Crippen molar-refractivity contribution in [1.82, 2.24) is 5.32 Å². The Kier molecular flexibility index (Phi) is 6.67. The zero-order chi connectivity index (χ0) is 17.4. The minimum atomic E-state index is -0.0983. The second-order valence-electron chi connectivity index (χ2n) is 5.84. The maximum Gasteiger partial charge on any atom is 0.257 e. The van der Waals surface area contributed by atoms with E-state index in [0.717, 1.165) is 29.9 Å². The molecule has 0 bridgehead atoms. The smallest absolute Gasteiger partial charge is 0.257 e. The Bertz CT molecular complexity index is 682. The largest absolute Gasteiger partial charge is 0.497 e. The Morgan fingerprint density at radius 3 is 2.62 bits per heavy atom. The van der Waals surface area contributed by atoms with Gasteiger partial charge in [0.2, 0.25) is 0 Å². The third-order valence-corrected chi connectivity index (χ3v) is 3.95. The highest BCUT2D eigenvalue weighted by Gasteiger charge is 2.04. The molecule has 0 saturated carbocycles. The Morgan fingerprint density at radius 1 is 1.04 bits per heavy atom. The van der Waals surface area contributed by atoms with Gasteiger partial charge >= 0.3 is 0 Å². The van der Waals surface area contributed by atoms with Crippen LogP contribution in [0.5, 0.6) is 11.5 Å². The summed E-state index contributed by atoms with van der Waals surface area (Å²) in [5, 5.41) is 2.88. The summed E-state index contributed by atoms with van der Waals surface area (Å²) < 4.78 is 10.7. The van der Waals surface area contributed by atoms with Gasteiger partial charge in [-0.1, -0.05) is 18.2 Å². The van der Waals surface area contributed by atoms with Gasteiger partial charge in [0.25, 0.3) is 5.91 Å². The first kappa shape index (κ1) is 17.9. The van der Waals surface area contributed by atoms with Gasteiger partial charge in [0.15, 0.2) is 6.61 Å². The summed E-state index contributed by atoms with van der Waals surface area (Å²) in [6, 6.07) is 13.8. The van der Waals surface area contributed by atoms with E-state index in [9.17, 15) is 4.79 Å². The fourth-order valence-corrected chi connectivity index (χ4v) is 2.35. The topological polar surface area (TPSA) is 47.6 Å². The molecule has 0 fully saturated rings. The molecule has 0 aliphatic heterocycles. The number of carbonyl (C=O) groups is 1. The number of nitrogens with one attached hydrogen (secondary N) is 1. The van der Waals surface area contributed by atoms with Gasteiger partial charge in [-0.05, 0) is 67.6 Å². The first-order chi connectivity index (χ1) is 11.6. The van der Waals surface area contributed by atoms with Crippen LogP contribution in [0.4, 0.5) is 0 Å². The lowest BCUT2D eigenvalue weighted by atomic mass is 10.1. The van der Waals surface area contributed by atoms with Crippen LogP contribution in [0.3, 0.4) is 0 Å². The average molecular weight is 327 g/mol. The van der Waals surface area contributed by atoms with Crippen molar-refractivity contribution in [1.29, 1.82) is 0 Å². The molecule has 0 aliphatic carbocycles. The fourth-order valence-electron chi connectivity index (χ4n) is 2.35. The SMILES string of the molecule is COc1cccc(CCCNC(=O)COc2ccc(C)c(C)c2)c1. The highest BCUT2D eigenvalue weighted by molar-refractivity contribution is 5.77.